The topological polar surface area (TPSA) is 77.5 Å². The molecule has 3 rings (SSSR count). The van der Waals surface area contributed by atoms with Crippen molar-refractivity contribution < 1.29 is 9.90 Å². The Kier molecular flexibility index (Phi) is 5.63. The van der Waals surface area contributed by atoms with E-state index < -0.39 is 6.09 Å². The third-order valence-corrected chi connectivity index (χ3v) is 5.63. The zero-order valence-electron chi connectivity index (χ0n) is 14.8. The first-order chi connectivity index (χ1) is 12.0. The molecule has 0 aromatic carbocycles. The molecule has 1 fully saturated rings. The number of carboxylic acid groups (broad SMARTS) is 1. The van der Waals surface area contributed by atoms with E-state index in [2.05, 4.69) is 35.5 Å². The zero-order chi connectivity index (χ0) is 17.8. The highest BCUT2D eigenvalue weighted by molar-refractivity contribution is 7.22. The summed E-state index contributed by atoms with van der Waals surface area (Å²) >= 11 is 1.75. The van der Waals surface area contributed by atoms with Gasteiger partial charge >= 0.3 is 6.09 Å². The van der Waals surface area contributed by atoms with Crippen LogP contribution < -0.4 is 10.6 Å². The maximum absolute atomic E-state index is 11.0. The first-order valence-corrected chi connectivity index (χ1v) is 9.71. The van der Waals surface area contributed by atoms with Gasteiger partial charge in [0.15, 0.2) is 0 Å². The largest absolute Gasteiger partial charge is 0.465 e. The van der Waals surface area contributed by atoms with E-state index in [1.54, 1.807) is 11.3 Å². The van der Waals surface area contributed by atoms with Gasteiger partial charge in [-0.2, -0.15) is 0 Å². The maximum atomic E-state index is 11.0. The summed E-state index contributed by atoms with van der Waals surface area (Å²) in [4.78, 5) is 17.0. The van der Waals surface area contributed by atoms with E-state index in [9.17, 15) is 4.79 Å². The molecule has 0 spiro atoms. The van der Waals surface area contributed by atoms with Crippen molar-refractivity contribution in [2.24, 2.45) is 5.92 Å². The zero-order valence-corrected chi connectivity index (χ0v) is 15.6. The minimum absolute atomic E-state index is 0.269. The Morgan fingerprint density at radius 2 is 2.20 bits per heavy atom. The number of likely N-dealkylation sites (tertiary alicyclic amines) is 1. The molecule has 2 aromatic rings. The monoisotopic (exact) mass is 362 g/mol. The quantitative estimate of drug-likeness (QED) is 0.714. The number of hydrogen-bond acceptors (Lipinski definition) is 5. The fourth-order valence-electron chi connectivity index (χ4n) is 3.06. The third-order valence-electron chi connectivity index (χ3n) is 4.57. The van der Waals surface area contributed by atoms with Crippen molar-refractivity contribution in [3.63, 3.8) is 0 Å². The molecule has 2 aromatic heterocycles. The lowest BCUT2D eigenvalue weighted by molar-refractivity contribution is 0.134. The standard InChI is InChI=1S/C18H26N4O2S/c1-12(2)3-7-19-16-11-14-15(25-16)4-8-20-17(14)21-13-5-9-22(10-6-13)18(23)24/h4,8,11-13,19H,3,5-7,9-10H2,1-2H3,(H,20,21)(H,23,24). The summed E-state index contributed by atoms with van der Waals surface area (Å²) in [5.41, 5.74) is 0. The van der Waals surface area contributed by atoms with E-state index >= 15 is 0 Å². The van der Waals surface area contributed by atoms with Gasteiger partial charge in [-0.1, -0.05) is 13.8 Å². The van der Waals surface area contributed by atoms with Crippen LogP contribution >= 0.6 is 11.3 Å². The van der Waals surface area contributed by atoms with Gasteiger partial charge in [0.1, 0.15) is 5.82 Å². The average Bonchev–Trinajstić information content (AvgIpc) is 2.99. The molecule has 1 saturated heterocycles. The van der Waals surface area contributed by atoms with Crippen LogP contribution in [0.1, 0.15) is 33.1 Å². The summed E-state index contributed by atoms with van der Waals surface area (Å²) in [6, 6.07) is 4.49. The van der Waals surface area contributed by atoms with E-state index in [1.165, 1.54) is 14.6 Å². The van der Waals surface area contributed by atoms with Gasteiger partial charge in [-0.05, 0) is 37.3 Å². The Bertz CT molecular complexity index is 723. The van der Waals surface area contributed by atoms with Crippen LogP contribution in [0.15, 0.2) is 18.3 Å². The van der Waals surface area contributed by atoms with Crippen molar-refractivity contribution in [2.45, 2.75) is 39.2 Å². The van der Waals surface area contributed by atoms with Gasteiger partial charge in [0.2, 0.25) is 0 Å². The SMILES string of the molecule is CC(C)CCNc1cc2c(NC3CCN(C(=O)O)CC3)nccc2s1. The number of thiophene rings is 1. The number of nitrogens with zero attached hydrogens (tertiary/aromatic N) is 2. The summed E-state index contributed by atoms with van der Waals surface area (Å²) in [6.45, 7) is 6.60. The molecule has 0 atom stereocenters. The molecule has 1 amide bonds. The molecule has 3 N–H and O–H groups in total. The van der Waals surface area contributed by atoms with Crippen molar-refractivity contribution in [2.75, 3.05) is 30.3 Å². The normalized spacial score (nSPS) is 15.7. The van der Waals surface area contributed by atoms with Gasteiger partial charge in [0.25, 0.3) is 0 Å². The van der Waals surface area contributed by atoms with Crippen molar-refractivity contribution in [3.05, 3.63) is 18.3 Å². The molecule has 7 heteroatoms. The molecule has 1 aliphatic heterocycles. The highest BCUT2D eigenvalue weighted by Crippen LogP contribution is 2.34. The molecule has 25 heavy (non-hydrogen) atoms. The summed E-state index contributed by atoms with van der Waals surface area (Å²) in [5.74, 6) is 1.59. The summed E-state index contributed by atoms with van der Waals surface area (Å²) in [6.07, 6.45) is 3.79. The Balaban J connectivity index is 1.65. The van der Waals surface area contributed by atoms with Crippen LogP contribution in [0.5, 0.6) is 0 Å². The van der Waals surface area contributed by atoms with E-state index in [4.69, 9.17) is 5.11 Å². The molecule has 3 heterocycles. The van der Waals surface area contributed by atoms with Crippen LogP contribution in [-0.2, 0) is 0 Å². The average molecular weight is 362 g/mol. The van der Waals surface area contributed by atoms with Gasteiger partial charge in [-0.15, -0.1) is 11.3 Å². The Labute approximate surface area is 152 Å². The van der Waals surface area contributed by atoms with Crippen molar-refractivity contribution in [1.82, 2.24) is 9.88 Å². The summed E-state index contributed by atoms with van der Waals surface area (Å²) in [7, 11) is 0. The highest BCUT2D eigenvalue weighted by atomic mass is 32.1. The maximum Gasteiger partial charge on any atom is 0.407 e. The van der Waals surface area contributed by atoms with Gasteiger partial charge in [0.05, 0.1) is 5.00 Å². The molecule has 0 saturated carbocycles. The number of pyridine rings is 1. The minimum atomic E-state index is -0.825. The Morgan fingerprint density at radius 3 is 2.88 bits per heavy atom. The van der Waals surface area contributed by atoms with Crippen LogP contribution in [0.4, 0.5) is 15.6 Å². The fraction of sp³-hybridized carbons (Fsp3) is 0.556. The fourth-order valence-corrected chi connectivity index (χ4v) is 4.04. The van der Waals surface area contributed by atoms with Crippen molar-refractivity contribution in [1.29, 1.82) is 0 Å². The lowest BCUT2D eigenvalue weighted by Crippen LogP contribution is -2.41. The molecule has 0 bridgehead atoms. The van der Waals surface area contributed by atoms with Gasteiger partial charge in [-0.25, -0.2) is 9.78 Å². The van der Waals surface area contributed by atoms with Crippen LogP contribution in [0.25, 0.3) is 10.1 Å². The molecule has 6 nitrogen and oxygen atoms in total. The number of rotatable bonds is 6. The molecular formula is C18H26N4O2S. The number of carbonyl (C=O) groups is 1. The lowest BCUT2D eigenvalue weighted by atomic mass is 10.1. The second-order valence-electron chi connectivity index (χ2n) is 6.98. The van der Waals surface area contributed by atoms with E-state index in [1.807, 2.05) is 12.3 Å². The number of aromatic nitrogens is 1. The second kappa shape index (κ2) is 7.91. The van der Waals surface area contributed by atoms with Crippen molar-refractivity contribution >= 4 is 38.3 Å². The number of hydrogen-bond donors (Lipinski definition) is 3. The third kappa shape index (κ3) is 4.54. The number of nitrogens with one attached hydrogen (secondary N) is 2. The Hall–Kier alpha value is -2.02. The predicted octanol–water partition coefficient (Wildman–Crippen LogP) is 4.31. The van der Waals surface area contributed by atoms with E-state index in [0.717, 1.165) is 37.0 Å². The first-order valence-electron chi connectivity index (χ1n) is 8.89. The Morgan fingerprint density at radius 1 is 1.44 bits per heavy atom. The second-order valence-corrected chi connectivity index (χ2v) is 8.06. The molecule has 136 valence electrons. The number of piperidine rings is 1. The van der Waals surface area contributed by atoms with E-state index in [0.29, 0.717) is 19.0 Å². The van der Waals surface area contributed by atoms with Crippen LogP contribution in [0.3, 0.4) is 0 Å². The predicted molar refractivity (Wildman–Crippen MR) is 104 cm³/mol. The van der Waals surface area contributed by atoms with Gasteiger partial charge in [-0.3, -0.25) is 0 Å². The number of amides is 1. The van der Waals surface area contributed by atoms with E-state index in [-0.39, 0.29) is 6.04 Å². The lowest BCUT2D eigenvalue weighted by Gasteiger charge is -2.30. The van der Waals surface area contributed by atoms with Crippen LogP contribution in [-0.4, -0.2) is 46.8 Å². The molecule has 0 unspecified atom stereocenters. The van der Waals surface area contributed by atoms with Crippen molar-refractivity contribution in [3.8, 4) is 0 Å². The van der Waals surface area contributed by atoms with Gasteiger partial charge in [0, 0.05) is 42.0 Å². The molecular weight excluding hydrogens is 336 g/mol. The van der Waals surface area contributed by atoms with Crippen LogP contribution in [0.2, 0.25) is 0 Å². The summed E-state index contributed by atoms with van der Waals surface area (Å²) in [5, 5.41) is 18.4. The summed E-state index contributed by atoms with van der Waals surface area (Å²) < 4.78 is 1.22. The molecule has 0 radical (unpaired) electrons. The minimum Gasteiger partial charge on any atom is -0.465 e. The first kappa shape index (κ1) is 17.8. The number of anilines is 2. The number of fused-ring (bicyclic) bond motifs is 1. The molecule has 1 aliphatic rings. The van der Waals surface area contributed by atoms with Gasteiger partial charge < -0.3 is 20.6 Å². The smallest absolute Gasteiger partial charge is 0.407 e. The highest BCUT2D eigenvalue weighted by Gasteiger charge is 2.23. The molecule has 0 aliphatic carbocycles. The van der Waals surface area contributed by atoms with Crippen LogP contribution in [0, 0.1) is 5.92 Å².